The minimum Gasteiger partial charge on any atom is -0.479 e. The Labute approximate surface area is 108 Å². The second-order valence-corrected chi connectivity index (χ2v) is 4.51. The lowest BCUT2D eigenvalue weighted by Crippen LogP contribution is -2.36. The highest BCUT2D eigenvalue weighted by Gasteiger charge is 2.10. The van der Waals surface area contributed by atoms with Crippen molar-refractivity contribution in [2.75, 3.05) is 13.2 Å². The van der Waals surface area contributed by atoms with E-state index in [1.54, 1.807) is 0 Å². The average molecular weight is 248 g/mol. The van der Waals surface area contributed by atoms with Gasteiger partial charge in [-0.15, -0.1) is 0 Å². The van der Waals surface area contributed by atoms with Gasteiger partial charge in [0.25, 0.3) is 0 Å². The summed E-state index contributed by atoms with van der Waals surface area (Å²) < 4.78 is 5.24. The van der Waals surface area contributed by atoms with E-state index in [9.17, 15) is 5.11 Å². The van der Waals surface area contributed by atoms with Gasteiger partial charge in [0, 0.05) is 12.6 Å². The largest absolute Gasteiger partial charge is 0.479 e. The Hall–Kier alpha value is -1.57. The van der Waals surface area contributed by atoms with E-state index in [1.807, 2.05) is 30.3 Å². The number of nitriles is 1. The van der Waals surface area contributed by atoms with Crippen LogP contribution in [0.4, 0.5) is 0 Å². The zero-order valence-electron chi connectivity index (χ0n) is 10.9. The molecule has 4 nitrogen and oxygen atoms in total. The molecule has 0 aliphatic rings. The van der Waals surface area contributed by atoms with Crippen molar-refractivity contribution in [3.05, 3.63) is 29.8 Å². The molecule has 0 bridgehead atoms. The Morgan fingerprint density at radius 3 is 2.83 bits per heavy atom. The normalized spacial score (nSPS) is 12.2. The van der Waals surface area contributed by atoms with Crippen molar-refractivity contribution in [1.82, 2.24) is 5.32 Å². The Morgan fingerprint density at radius 1 is 1.44 bits per heavy atom. The van der Waals surface area contributed by atoms with E-state index >= 15 is 0 Å². The van der Waals surface area contributed by atoms with Crippen LogP contribution in [0.1, 0.15) is 19.4 Å². The monoisotopic (exact) mass is 248 g/mol. The standard InChI is InChI=1S/C14H20N2O2/c1-11(2)14(10-17)16-9-12-4-3-5-13(8-12)18-7-6-15/h3-5,8,11,14,16-17H,7,9-10H2,1-2H3/t14-/m1/s1. The summed E-state index contributed by atoms with van der Waals surface area (Å²) in [6.45, 7) is 5.00. The van der Waals surface area contributed by atoms with E-state index in [0.29, 0.717) is 18.2 Å². The van der Waals surface area contributed by atoms with Crippen LogP contribution in [0.2, 0.25) is 0 Å². The van der Waals surface area contributed by atoms with Crippen LogP contribution in [0.3, 0.4) is 0 Å². The van der Waals surface area contributed by atoms with Crippen LogP contribution in [-0.2, 0) is 6.54 Å². The first-order valence-electron chi connectivity index (χ1n) is 6.10. The molecule has 98 valence electrons. The van der Waals surface area contributed by atoms with Gasteiger partial charge in [0.1, 0.15) is 11.8 Å². The van der Waals surface area contributed by atoms with Crippen molar-refractivity contribution < 1.29 is 9.84 Å². The number of aliphatic hydroxyl groups excluding tert-OH is 1. The molecule has 4 heteroatoms. The number of nitrogens with one attached hydrogen (secondary N) is 1. The third-order valence-electron chi connectivity index (χ3n) is 2.77. The van der Waals surface area contributed by atoms with Crippen LogP contribution in [0.25, 0.3) is 0 Å². The molecule has 1 rings (SSSR count). The summed E-state index contributed by atoms with van der Waals surface area (Å²) in [4.78, 5) is 0. The second kappa shape index (κ2) is 7.70. The minimum atomic E-state index is 0.0577. The molecule has 0 fully saturated rings. The maximum atomic E-state index is 9.22. The SMILES string of the molecule is CC(C)[C@@H](CO)NCc1cccc(OCC#N)c1. The highest BCUT2D eigenvalue weighted by Crippen LogP contribution is 2.13. The number of hydrogen-bond donors (Lipinski definition) is 2. The lowest BCUT2D eigenvalue weighted by atomic mass is 10.1. The topological polar surface area (TPSA) is 65.3 Å². The fourth-order valence-corrected chi connectivity index (χ4v) is 1.62. The first kappa shape index (κ1) is 14.5. The molecular formula is C14H20N2O2. The predicted molar refractivity (Wildman–Crippen MR) is 70.1 cm³/mol. The molecule has 0 saturated carbocycles. The van der Waals surface area contributed by atoms with Gasteiger partial charge in [-0.05, 0) is 23.6 Å². The van der Waals surface area contributed by atoms with Gasteiger partial charge in [-0.3, -0.25) is 0 Å². The molecule has 0 heterocycles. The summed E-state index contributed by atoms with van der Waals surface area (Å²) in [6, 6.07) is 9.64. The van der Waals surface area contributed by atoms with Crippen LogP contribution in [0.5, 0.6) is 5.75 Å². The summed E-state index contributed by atoms with van der Waals surface area (Å²) >= 11 is 0. The van der Waals surface area contributed by atoms with Crippen LogP contribution < -0.4 is 10.1 Å². The van der Waals surface area contributed by atoms with Gasteiger partial charge in [-0.25, -0.2) is 0 Å². The smallest absolute Gasteiger partial charge is 0.174 e. The van der Waals surface area contributed by atoms with E-state index < -0.39 is 0 Å². The van der Waals surface area contributed by atoms with Crippen LogP contribution in [0, 0.1) is 17.2 Å². The summed E-state index contributed by atoms with van der Waals surface area (Å²) in [5.74, 6) is 1.08. The molecule has 0 saturated heterocycles. The number of nitrogens with zero attached hydrogens (tertiary/aromatic N) is 1. The molecule has 1 aromatic carbocycles. The molecule has 0 spiro atoms. The van der Waals surface area contributed by atoms with E-state index in [-0.39, 0.29) is 19.3 Å². The quantitative estimate of drug-likeness (QED) is 0.770. The molecular weight excluding hydrogens is 228 g/mol. The number of benzene rings is 1. The van der Waals surface area contributed by atoms with Crippen LogP contribution in [0.15, 0.2) is 24.3 Å². The van der Waals surface area contributed by atoms with Crippen molar-refractivity contribution >= 4 is 0 Å². The fraction of sp³-hybridized carbons (Fsp3) is 0.500. The van der Waals surface area contributed by atoms with Gasteiger partial charge in [-0.2, -0.15) is 5.26 Å². The highest BCUT2D eigenvalue weighted by molar-refractivity contribution is 5.28. The maximum Gasteiger partial charge on any atom is 0.174 e. The second-order valence-electron chi connectivity index (χ2n) is 4.51. The van der Waals surface area contributed by atoms with Gasteiger partial charge in [0.05, 0.1) is 6.61 Å². The highest BCUT2D eigenvalue weighted by atomic mass is 16.5. The lowest BCUT2D eigenvalue weighted by Gasteiger charge is -2.20. The van der Waals surface area contributed by atoms with Crippen LogP contribution in [-0.4, -0.2) is 24.4 Å². The summed E-state index contributed by atoms with van der Waals surface area (Å²) in [6.07, 6.45) is 0. The molecule has 18 heavy (non-hydrogen) atoms. The van der Waals surface area contributed by atoms with E-state index in [4.69, 9.17) is 10.00 Å². The zero-order valence-corrected chi connectivity index (χ0v) is 10.9. The molecule has 1 atom stereocenters. The molecule has 0 aliphatic heterocycles. The van der Waals surface area contributed by atoms with Gasteiger partial charge in [0.2, 0.25) is 0 Å². The molecule has 0 aliphatic carbocycles. The summed E-state index contributed by atoms with van der Waals surface area (Å²) in [5, 5.41) is 21.0. The summed E-state index contributed by atoms with van der Waals surface area (Å²) in [7, 11) is 0. The Bertz CT molecular complexity index is 399. The van der Waals surface area contributed by atoms with Gasteiger partial charge in [0.15, 0.2) is 6.61 Å². The average Bonchev–Trinajstić information content (AvgIpc) is 2.37. The van der Waals surface area contributed by atoms with Gasteiger partial charge >= 0.3 is 0 Å². The predicted octanol–water partition coefficient (Wildman–Crippen LogP) is 1.70. The van der Waals surface area contributed by atoms with Gasteiger partial charge in [-0.1, -0.05) is 26.0 Å². The van der Waals surface area contributed by atoms with Crippen molar-refractivity contribution in [1.29, 1.82) is 5.26 Å². The third kappa shape index (κ3) is 4.74. The zero-order chi connectivity index (χ0) is 13.4. The molecule has 0 aromatic heterocycles. The number of aliphatic hydroxyl groups is 1. The summed E-state index contributed by atoms with van der Waals surface area (Å²) in [5.41, 5.74) is 1.07. The first-order chi connectivity index (χ1) is 8.67. The van der Waals surface area contributed by atoms with E-state index in [2.05, 4.69) is 19.2 Å². The molecule has 0 unspecified atom stereocenters. The Morgan fingerprint density at radius 2 is 2.22 bits per heavy atom. The third-order valence-corrected chi connectivity index (χ3v) is 2.77. The fourth-order valence-electron chi connectivity index (χ4n) is 1.62. The Balaban J connectivity index is 2.54. The first-order valence-corrected chi connectivity index (χ1v) is 6.10. The molecule has 2 N–H and O–H groups in total. The van der Waals surface area contributed by atoms with E-state index in [0.717, 1.165) is 5.56 Å². The maximum absolute atomic E-state index is 9.22. The molecule has 0 radical (unpaired) electrons. The molecule has 1 aromatic rings. The van der Waals surface area contributed by atoms with Crippen LogP contribution >= 0.6 is 0 Å². The number of ether oxygens (including phenoxy) is 1. The molecule has 0 amide bonds. The number of rotatable bonds is 7. The number of hydrogen-bond acceptors (Lipinski definition) is 4. The van der Waals surface area contributed by atoms with Crippen molar-refractivity contribution in [2.24, 2.45) is 5.92 Å². The van der Waals surface area contributed by atoms with Crippen molar-refractivity contribution in [3.8, 4) is 11.8 Å². The van der Waals surface area contributed by atoms with Crippen molar-refractivity contribution in [3.63, 3.8) is 0 Å². The van der Waals surface area contributed by atoms with Gasteiger partial charge < -0.3 is 15.2 Å². The van der Waals surface area contributed by atoms with Crippen molar-refractivity contribution in [2.45, 2.75) is 26.4 Å². The Kier molecular flexibility index (Phi) is 6.20. The lowest BCUT2D eigenvalue weighted by molar-refractivity contribution is 0.210. The minimum absolute atomic E-state index is 0.0577. The van der Waals surface area contributed by atoms with E-state index in [1.165, 1.54) is 0 Å².